The average molecular weight is 523 g/mol. The molecule has 7 aromatic carbocycles. The molecule has 1 heterocycles. The van der Waals surface area contributed by atoms with Crippen LogP contribution in [0.15, 0.2) is 162 Å². The number of benzene rings is 7. The minimum absolute atomic E-state index is 0.906. The van der Waals surface area contributed by atoms with E-state index in [1.165, 1.54) is 44.3 Å². The molecular weight excluding hydrogens is 496 g/mol. The highest BCUT2D eigenvalue weighted by molar-refractivity contribution is 6.19. The monoisotopic (exact) mass is 522 g/mol. The molecule has 8 aromatic rings. The van der Waals surface area contributed by atoms with Crippen LogP contribution in [0.25, 0.3) is 77.2 Å². The summed E-state index contributed by atoms with van der Waals surface area (Å²) in [5.41, 5.74) is 11.4. The van der Waals surface area contributed by atoms with E-state index >= 15 is 0 Å². The molecule has 1 nitrogen and oxygen atoms in total. The molecule has 0 aliphatic rings. The Labute approximate surface area is 238 Å². The van der Waals surface area contributed by atoms with Gasteiger partial charge in [-0.15, -0.1) is 0 Å². The van der Waals surface area contributed by atoms with Crippen LogP contribution < -0.4 is 0 Å². The van der Waals surface area contributed by atoms with E-state index in [-0.39, 0.29) is 0 Å². The normalized spacial score (nSPS) is 11.4. The lowest BCUT2D eigenvalue weighted by atomic mass is 9.92. The molecule has 1 heteroatoms. The molecule has 0 radical (unpaired) electrons. The minimum atomic E-state index is 0.906. The summed E-state index contributed by atoms with van der Waals surface area (Å²) in [6, 6.07) is 56.2. The summed E-state index contributed by atoms with van der Waals surface area (Å²) in [7, 11) is 0. The lowest BCUT2D eigenvalue weighted by Crippen LogP contribution is -1.85. The van der Waals surface area contributed by atoms with Gasteiger partial charge in [0.1, 0.15) is 11.2 Å². The van der Waals surface area contributed by atoms with Gasteiger partial charge < -0.3 is 4.42 Å². The number of fused-ring (bicyclic) bond motifs is 5. The molecule has 192 valence electrons. The summed E-state index contributed by atoms with van der Waals surface area (Å²) in [4.78, 5) is 0. The molecule has 0 atom stereocenters. The lowest BCUT2D eigenvalue weighted by molar-refractivity contribution is 0.673. The van der Waals surface area contributed by atoms with Crippen molar-refractivity contribution in [3.63, 3.8) is 0 Å². The fourth-order valence-corrected chi connectivity index (χ4v) is 5.99. The summed E-state index contributed by atoms with van der Waals surface area (Å²) in [5.74, 6) is 0. The molecule has 0 unspecified atom stereocenters. The SMILES string of the molecule is c1ccc(-c2ccc(-c3cc(-c4ccc(-c5ccccc5)cc4)c4c(c3)oc3c5ccccc5ccc34)cc2)cc1. The van der Waals surface area contributed by atoms with E-state index in [1.807, 2.05) is 0 Å². The maximum Gasteiger partial charge on any atom is 0.143 e. The number of furan rings is 1. The van der Waals surface area contributed by atoms with E-state index in [9.17, 15) is 0 Å². The van der Waals surface area contributed by atoms with E-state index in [1.54, 1.807) is 0 Å². The van der Waals surface area contributed by atoms with Gasteiger partial charge in [-0.25, -0.2) is 0 Å². The lowest BCUT2D eigenvalue weighted by Gasteiger charge is -2.11. The van der Waals surface area contributed by atoms with Crippen LogP contribution in [0.3, 0.4) is 0 Å². The Kier molecular flexibility index (Phi) is 5.53. The van der Waals surface area contributed by atoms with Crippen LogP contribution in [0.2, 0.25) is 0 Å². The zero-order chi connectivity index (χ0) is 27.2. The Morgan fingerprint density at radius 2 is 0.854 bits per heavy atom. The van der Waals surface area contributed by atoms with Crippen LogP contribution in [0.1, 0.15) is 0 Å². The highest BCUT2D eigenvalue weighted by Crippen LogP contribution is 2.42. The van der Waals surface area contributed by atoms with Gasteiger partial charge in [0.25, 0.3) is 0 Å². The van der Waals surface area contributed by atoms with E-state index in [0.29, 0.717) is 0 Å². The molecule has 8 rings (SSSR count). The highest BCUT2D eigenvalue weighted by Gasteiger charge is 2.17. The molecule has 0 fully saturated rings. The van der Waals surface area contributed by atoms with Crippen LogP contribution >= 0.6 is 0 Å². The van der Waals surface area contributed by atoms with Crippen molar-refractivity contribution in [3.05, 3.63) is 158 Å². The van der Waals surface area contributed by atoms with Gasteiger partial charge in [-0.1, -0.05) is 140 Å². The van der Waals surface area contributed by atoms with Crippen molar-refractivity contribution >= 4 is 32.7 Å². The predicted molar refractivity (Wildman–Crippen MR) is 173 cm³/mol. The summed E-state index contributed by atoms with van der Waals surface area (Å²) >= 11 is 0. The molecule has 0 bridgehead atoms. The second-order valence-corrected chi connectivity index (χ2v) is 10.5. The Bertz CT molecular complexity index is 2150. The first-order valence-corrected chi connectivity index (χ1v) is 14.0. The van der Waals surface area contributed by atoms with Crippen molar-refractivity contribution < 1.29 is 4.42 Å². The second kappa shape index (κ2) is 9.66. The Hall–Kier alpha value is -5.40. The Morgan fingerprint density at radius 1 is 0.341 bits per heavy atom. The van der Waals surface area contributed by atoms with Crippen molar-refractivity contribution in [1.82, 2.24) is 0 Å². The predicted octanol–water partition coefficient (Wildman–Crippen LogP) is 11.4. The van der Waals surface area contributed by atoms with E-state index in [4.69, 9.17) is 4.42 Å². The van der Waals surface area contributed by atoms with Crippen molar-refractivity contribution in [2.75, 3.05) is 0 Å². The molecular formula is C40H26O. The van der Waals surface area contributed by atoms with Crippen molar-refractivity contribution in [1.29, 1.82) is 0 Å². The van der Waals surface area contributed by atoms with E-state index in [2.05, 4.69) is 158 Å². The van der Waals surface area contributed by atoms with Gasteiger partial charge in [-0.3, -0.25) is 0 Å². The number of hydrogen-bond acceptors (Lipinski definition) is 1. The van der Waals surface area contributed by atoms with Crippen LogP contribution in [-0.4, -0.2) is 0 Å². The smallest absolute Gasteiger partial charge is 0.143 e. The topological polar surface area (TPSA) is 13.1 Å². The van der Waals surface area contributed by atoms with Gasteiger partial charge >= 0.3 is 0 Å². The van der Waals surface area contributed by atoms with Crippen molar-refractivity contribution in [2.24, 2.45) is 0 Å². The standard InChI is InChI=1S/C40H26O/c1-3-9-27(10-4-1)29-15-17-31(18-16-29)34-25-37(33-21-19-30(20-22-33)28-11-5-2-6-12-28)39-36-24-23-32-13-7-8-14-35(32)40(36)41-38(39)26-34/h1-26H. The van der Waals surface area contributed by atoms with Gasteiger partial charge in [-0.05, 0) is 68.1 Å². The molecule has 41 heavy (non-hydrogen) atoms. The first-order valence-electron chi connectivity index (χ1n) is 14.0. The third kappa shape index (κ3) is 4.11. The molecule has 0 saturated heterocycles. The van der Waals surface area contributed by atoms with Crippen molar-refractivity contribution in [2.45, 2.75) is 0 Å². The minimum Gasteiger partial charge on any atom is -0.455 e. The third-order valence-corrected chi connectivity index (χ3v) is 8.09. The van der Waals surface area contributed by atoms with Gasteiger partial charge in [0.2, 0.25) is 0 Å². The van der Waals surface area contributed by atoms with E-state index < -0.39 is 0 Å². The van der Waals surface area contributed by atoms with Crippen LogP contribution in [0, 0.1) is 0 Å². The van der Waals surface area contributed by atoms with E-state index in [0.717, 1.165) is 32.9 Å². The summed E-state index contributed by atoms with van der Waals surface area (Å²) < 4.78 is 6.68. The second-order valence-electron chi connectivity index (χ2n) is 10.5. The number of hydrogen-bond donors (Lipinski definition) is 0. The summed E-state index contributed by atoms with van der Waals surface area (Å²) in [6.07, 6.45) is 0. The molecule has 0 amide bonds. The molecule has 0 N–H and O–H groups in total. The first kappa shape index (κ1) is 23.5. The first-order chi connectivity index (χ1) is 20.3. The van der Waals surface area contributed by atoms with Gasteiger partial charge in [0, 0.05) is 16.2 Å². The zero-order valence-electron chi connectivity index (χ0n) is 22.4. The maximum atomic E-state index is 6.68. The van der Waals surface area contributed by atoms with Gasteiger partial charge in [-0.2, -0.15) is 0 Å². The quantitative estimate of drug-likeness (QED) is 0.224. The summed E-state index contributed by atoms with van der Waals surface area (Å²) in [5, 5.41) is 4.62. The Morgan fingerprint density at radius 3 is 1.49 bits per heavy atom. The van der Waals surface area contributed by atoms with Gasteiger partial charge in [0.15, 0.2) is 0 Å². The van der Waals surface area contributed by atoms with Crippen molar-refractivity contribution in [3.8, 4) is 44.5 Å². The third-order valence-electron chi connectivity index (χ3n) is 8.09. The average Bonchev–Trinajstić information content (AvgIpc) is 3.45. The van der Waals surface area contributed by atoms with Gasteiger partial charge in [0.05, 0.1) is 0 Å². The molecule has 0 saturated carbocycles. The van der Waals surface area contributed by atoms with Crippen LogP contribution in [0.5, 0.6) is 0 Å². The maximum absolute atomic E-state index is 6.68. The van der Waals surface area contributed by atoms with Crippen LogP contribution in [0.4, 0.5) is 0 Å². The fourth-order valence-electron chi connectivity index (χ4n) is 5.99. The Balaban J connectivity index is 1.33. The fraction of sp³-hybridized carbons (Fsp3) is 0. The molecule has 1 aromatic heterocycles. The zero-order valence-corrected chi connectivity index (χ0v) is 22.4. The largest absolute Gasteiger partial charge is 0.455 e. The summed E-state index contributed by atoms with van der Waals surface area (Å²) in [6.45, 7) is 0. The molecule has 0 spiro atoms. The molecule has 0 aliphatic carbocycles. The highest BCUT2D eigenvalue weighted by atomic mass is 16.3. The van der Waals surface area contributed by atoms with Crippen LogP contribution in [-0.2, 0) is 0 Å². The molecule has 0 aliphatic heterocycles. The number of rotatable bonds is 4.